The first-order chi connectivity index (χ1) is 11.3. The van der Waals surface area contributed by atoms with Crippen LogP contribution in [0.4, 0.5) is 0 Å². The Morgan fingerprint density at radius 1 is 0.391 bits per heavy atom. The third-order valence-electron chi connectivity index (χ3n) is 5.49. The summed E-state index contributed by atoms with van der Waals surface area (Å²) >= 11 is 0. The van der Waals surface area contributed by atoms with Crippen molar-refractivity contribution in [2.24, 2.45) is 11.8 Å². The summed E-state index contributed by atoms with van der Waals surface area (Å²) in [6, 6.07) is 0. The lowest BCUT2D eigenvalue weighted by molar-refractivity contribution is 0.291. The second kappa shape index (κ2) is 18.3. The first kappa shape index (κ1) is 23.0. The molecular formula is C23H48. The standard InChI is InChI=1S/C23H48/c1-5-9-11-13-15-19-22(17-7-3)21-23(18-8-4)20-16-14-12-10-6-2/h22-23H,5-21H2,1-4H3. The fraction of sp³-hybridized carbons (Fsp3) is 1.00. The van der Waals surface area contributed by atoms with E-state index in [0.29, 0.717) is 0 Å². The Labute approximate surface area is 149 Å². The highest BCUT2D eigenvalue weighted by Crippen LogP contribution is 2.29. The summed E-state index contributed by atoms with van der Waals surface area (Å²) in [6.07, 6.45) is 24.7. The quantitative estimate of drug-likeness (QED) is 0.221. The zero-order valence-corrected chi connectivity index (χ0v) is 17.2. The molecule has 0 aliphatic carbocycles. The van der Waals surface area contributed by atoms with E-state index in [0.717, 1.165) is 11.8 Å². The average molecular weight is 325 g/mol. The molecule has 0 saturated heterocycles. The van der Waals surface area contributed by atoms with Crippen LogP contribution in [0.2, 0.25) is 0 Å². The van der Waals surface area contributed by atoms with Gasteiger partial charge >= 0.3 is 0 Å². The zero-order valence-electron chi connectivity index (χ0n) is 17.2. The third kappa shape index (κ3) is 15.3. The molecule has 0 bridgehead atoms. The highest BCUT2D eigenvalue weighted by molar-refractivity contribution is 4.68. The predicted octanol–water partition coefficient (Wildman–Crippen LogP) is 8.93. The van der Waals surface area contributed by atoms with E-state index in [1.54, 1.807) is 0 Å². The largest absolute Gasteiger partial charge is 0.0654 e. The molecule has 0 aromatic rings. The maximum Gasteiger partial charge on any atom is -0.0412 e. The molecule has 140 valence electrons. The van der Waals surface area contributed by atoms with Gasteiger partial charge < -0.3 is 0 Å². The van der Waals surface area contributed by atoms with Crippen molar-refractivity contribution in [3.63, 3.8) is 0 Å². The summed E-state index contributed by atoms with van der Waals surface area (Å²) in [6.45, 7) is 9.39. The van der Waals surface area contributed by atoms with E-state index in [1.807, 2.05) is 0 Å². The molecule has 0 amide bonds. The third-order valence-corrected chi connectivity index (χ3v) is 5.49. The Morgan fingerprint density at radius 3 is 1.13 bits per heavy atom. The zero-order chi connectivity index (χ0) is 17.2. The monoisotopic (exact) mass is 324 g/mol. The van der Waals surface area contributed by atoms with Gasteiger partial charge in [0.15, 0.2) is 0 Å². The van der Waals surface area contributed by atoms with Crippen molar-refractivity contribution in [3.05, 3.63) is 0 Å². The van der Waals surface area contributed by atoms with Gasteiger partial charge in [-0.05, 0) is 18.3 Å². The van der Waals surface area contributed by atoms with Crippen LogP contribution in [0.3, 0.4) is 0 Å². The Kier molecular flexibility index (Phi) is 18.3. The molecule has 0 N–H and O–H groups in total. The minimum absolute atomic E-state index is 1.02. The molecule has 23 heavy (non-hydrogen) atoms. The van der Waals surface area contributed by atoms with Crippen molar-refractivity contribution >= 4 is 0 Å². The van der Waals surface area contributed by atoms with Crippen LogP contribution >= 0.6 is 0 Å². The van der Waals surface area contributed by atoms with Gasteiger partial charge in [-0.1, -0.05) is 130 Å². The van der Waals surface area contributed by atoms with E-state index >= 15 is 0 Å². The molecule has 0 nitrogen and oxygen atoms in total. The molecule has 0 aliphatic heterocycles. The van der Waals surface area contributed by atoms with Gasteiger partial charge in [-0.2, -0.15) is 0 Å². The van der Waals surface area contributed by atoms with Crippen LogP contribution < -0.4 is 0 Å². The lowest BCUT2D eigenvalue weighted by atomic mass is 9.83. The van der Waals surface area contributed by atoms with Gasteiger partial charge in [-0.25, -0.2) is 0 Å². The number of hydrogen-bond acceptors (Lipinski definition) is 0. The van der Waals surface area contributed by atoms with E-state index in [-0.39, 0.29) is 0 Å². The maximum absolute atomic E-state index is 2.38. The maximum atomic E-state index is 2.38. The average Bonchev–Trinajstić information content (AvgIpc) is 2.54. The van der Waals surface area contributed by atoms with Gasteiger partial charge in [0.2, 0.25) is 0 Å². The molecule has 0 heterocycles. The molecule has 0 aliphatic rings. The summed E-state index contributed by atoms with van der Waals surface area (Å²) < 4.78 is 0. The first-order valence-electron chi connectivity index (χ1n) is 11.3. The Morgan fingerprint density at radius 2 is 0.783 bits per heavy atom. The molecule has 0 saturated carbocycles. The topological polar surface area (TPSA) is 0 Å². The molecule has 2 unspecified atom stereocenters. The molecular weight excluding hydrogens is 276 g/mol. The van der Waals surface area contributed by atoms with E-state index in [9.17, 15) is 0 Å². The van der Waals surface area contributed by atoms with Crippen LogP contribution in [0.25, 0.3) is 0 Å². The predicted molar refractivity (Wildman–Crippen MR) is 108 cm³/mol. The fourth-order valence-corrected chi connectivity index (χ4v) is 4.12. The van der Waals surface area contributed by atoms with Crippen molar-refractivity contribution in [1.29, 1.82) is 0 Å². The van der Waals surface area contributed by atoms with E-state index in [2.05, 4.69) is 27.7 Å². The van der Waals surface area contributed by atoms with Crippen molar-refractivity contribution in [3.8, 4) is 0 Å². The lowest BCUT2D eigenvalue weighted by Crippen LogP contribution is -2.10. The Balaban J connectivity index is 4.02. The summed E-state index contributed by atoms with van der Waals surface area (Å²) in [5.74, 6) is 2.04. The smallest absolute Gasteiger partial charge is 0.0412 e. The molecule has 2 atom stereocenters. The summed E-state index contributed by atoms with van der Waals surface area (Å²) in [5.41, 5.74) is 0. The second-order valence-corrected chi connectivity index (χ2v) is 7.95. The lowest BCUT2D eigenvalue weighted by Gasteiger charge is -2.23. The number of hydrogen-bond donors (Lipinski definition) is 0. The van der Waals surface area contributed by atoms with Crippen LogP contribution in [0.1, 0.15) is 137 Å². The normalized spacial score (nSPS) is 14.1. The fourth-order valence-electron chi connectivity index (χ4n) is 4.12. The SMILES string of the molecule is CCCCCCCC(CCC)CC(CCC)CCCCCCC. The minimum atomic E-state index is 1.02. The van der Waals surface area contributed by atoms with E-state index < -0.39 is 0 Å². The van der Waals surface area contributed by atoms with Gasteiger partial charge in [0.1, 0.15) is 0 Å². The second-order valence-electron chi connectivity index (χ2n) is 7.95. The molecule has 0 heteroatoms. The van der Waals surface area contributed by atoms with Crippen molar-refractivity contribution in [2.45, 2.75) is 137 Å². The summed E-state index contributed by atoms with van der Waals surface area (Å²) in [4.78, 5) is 0. The molecule has 0 aromatic carbocycles. The highest BCUT2D eigenvalue weighted by atomic mass is 14.2. The number of unbranched alkanes of at least 4 members (excludes halogenated alkanes) is 8. The van der Waals surface area contributed by atoms with Gasteiger partial charge in [-0.15, -0.1) is 0 Å². The van der Waals surface area contributed by atoms with Crippen LogP contribution in [0.15, 0.2) is 0 Å². The first-order valence-corrected chi connectivity index (χ1v) is 11.3. The van der Waals surface area contributed by atoms with Crippen LogP contribution in [0, 0.1) is 11.8 Å². The number of rotatable bonds is 18. The minimum Gasteiger partial charge on any atom is -0.0654 e. The van der Waals surface area contributed by atoms with E-state index in [4.69, 9.17) is 0 Å². The van der Waals surface area contributed by atoms with Gasteiger partial charge in [0.25, 0.3) is 0 Å². The molecule has 0 aromatic heterocycles. The van der Waals surface area contributed by atoms with Crippen molar-refractivity contribution < 1.29 is 0 Å². The van der Waals surface area contributed by atoms with Crippen LogP contribution in [-0.4, -0.2) is 0 Å². The Bertz CT molecular complexity index is 186. The van der Waals surface area contributed by atoms with Gasteiger partial charge in [0, 0.05) is 0 Å². The van der Waals surface area contributed by atoms with Crippen LogP contribution in [-0.2, 0) is 0 Å². The summed E-state index contributed by atoms with van der Waals surface area (Å²) in [7, 11) is 0. The summed E-state index contributed by atoms with van der Waals surface area (Å²) in [5, 5.41) is 0. The molecule has 0 radical (unpaired) electrons. The Hall–Kier alpha value is 0. The van der Waals surface area contributed by atoms with Crippen LogP contribution in [0.5, 0.6) is 0 Å². The molecule has 0 rings (SSSR count). The van der Waals surface area contributed by atoms with Gasteiger partial charge in [0.05, 0.1) is 0 Å². The molecule has 0 fully saturated rings. The molecule has 0 spiro atoms. The van der Waals surface area contributed by atoms with Crippen molar-refractivity contribution in [2.75, 3.05) is 0 Å². The highest BCUT2D eigenvalue weighted by Gasteiger charge is 2.15. The van der Waals surface area contributed by atoms with Gasteiger partial charge in [-0.3, -0.25) is 0 Å². The van der Waals surface area contributed by atoms with E-state index in [1.165, 1.54) is 109 Å². The van der Waals surface area contributed by atoms with Crippen molar-refractivity contribution in [1.82, 2.24) is 0 Å².